The van der Waals surface area contributed by atoms with Crippen molar-refractivity contribution in [1.82, 2.24) is 20.0 Å². The molecule has 0 bridgehead atoms. The zero-order valence-corrected chi connectivity index (χ0v) is 13.1. The molecule has 10 heteroatoms. The van der Waals surface area contributed by atoms with E-state index in [1.54, 1.807) is 31.6 Å². The van der Waals surface area contributed by atoms with Gasteiger partial charge in [0, 0.05) is 26.2 Å². The number of likely N-dealkylation sites (N-methyl/N-ethyl adjacent to an activating group) is 1. The second-order valence-electron chi connectivity index (χ2n) is 4.55. The number of carbonyl (C=O) groups excluding carboxylic acids is 1. The van der Waals surface area contributed by atoms with Crippen molar-refractivity contribution in [3.63, 3.8) is 0 Å². The average Bonchev–Trinajstić information content (AvgIpc) is 3.01. The van der Waals surface area contributed by atoms with Crippen LogP contribution >= 0.6 is 11.8 Å². The third kappa shape index (κ3) is 4.21. The number of pyridine rings is 1. The second kappa shape index (κ2) is 6.99. The molecule has 0 fully saturated rings. The molecule has 1 amide bonds. The topological polar surface area (TPSA) is 72.1 Å². The summed E-state index contributed by atoms with van der Waals surface area (Å²) in [5, 5.41) is 3.85. The van der Waals surface area contributed by atoms with Gasteiger partial charge in [0.2, 0.25) is 0 Å². The van der Waals surface area contributed by atoms with E-state index >= 15 is 0 Å². The summed E-state index contributed by atoms with van der Waals surface area (Å²) in [6.07, 6.45) is -1.23. The zero-order valence-electron chi connectivity index (χ0n) is 12.3. The summed E-state index contributed by atoms with van der Waals surface area (Å²) in [4.78, 5) is 21.1. The second-order valence-corrected chi connectivity index (χ2v) is 5.35. The van der Waals surface area contributed by atoms with Crippen LogP contribution in [-0.4, -0.2) is 45.8 Å². The quantitative estimate of drug-likeness (QED) is 0.775. The maximum atomic E-state index is 12.4. The van der Waals surface area contributed by atoms with Crippen LogP contribution in [0.15, 0.2) is 27.9 Å². The summed E-state index contributed by atoms with van der Waals surface area (Å²) in [5.74, 6) is -1.77. The maximum absolute atomic E-state index is 12.4. The van der Waals surface area contributed by atoms with Gasteiger partial charge in [-0.1, -0.05) is 5.16 Å². The highest BCUT2D eigenvalue weighted by molar-refractivity contribution is 7.98. The van der Waals surface area contributed by atoms with Gasteiger partial charge in [-0.25, -0.2) is 4.98 Å². The molecule has 2 aromatic heterocycles. The van der Waals surface area contributed by atoms with Crippen molar-refractivity contribution in [2.45, 2.75) is 17.6 Å². The molecule has 0 aliphatic rings. The number of nitrogens with zero attached hydrogens (tertiary/aromatic N) is 4. The average molecular weight is 346 g/mol. The summed E-state index contributed by atoms with van der Waals surface area (Å²) in [6, 6.07) is 3.30. The first-order valence-electron chi connectivity index (χ1n) is 6.47. The van der Waals surface area contributed by atoms with Crippen molar-refractivity contribution in [3.8, 4) is 0 Å². The van der Waals surface area contributed by atoms with E-state index in [1.807, 2.05) is 0 Å². The fourth-order valence-corrected chi connectivity index (χ4v) is 2.30. The van der Waals surface area contributed by atoms with E-state index in [0.717, 1.165) is 0 Å². The molecule has 23 heavy (non-hydrogen) atoms. The Morgan fingerprint density at radius 2 is 2.17 bits per heavy atom. The van der Waals surface area contributed by atoms with E-state index in [9.17, 15) is 18.0 Å². The van der Waals surface area contributed by atoms with Gasteiger partial charge in [0.15, 0.2) is 5.82 Å². The van der Waals surface area contributed by atoms with Crippen LogP contribution in [-0.2, 0) is 12.6 Å². The lowest BCUT2D eigenvalue weighted by molar-refractivity contribution is -0.159. The summed E-state index contributed by atoms with van der Waals surface area (Å²) in [6.45, 7) is 0.151. The lowest BCUT2D eigenvalue weighted by Crippen LogP contribution is -2.29. The van der Waals surface area contributed by atoms with E-state index in [-0.39, 0.29) is 24.7 Å². The Balaban J connectivity index is 2.00. The Labute approximate surface area is 134 Å². The highest BCUT2D eigenvalue weighted by Crippen LogP contribution is 2.27. The highest BCUT2D eigenvalue weighted by Gasteiger charge is 2.38. The molecule has 2 heterocycles. The van der Waals surface area contributed by atoms with Gasteiger partial charge in [0.1, 0.15) is 5.03 Å². The van der Waals surface area contributed by atoms with Crippen LogP contribution in [0.25, 0.3) is 0 Å². The molecule has 6 nitrogen and oxygen atoms in total. The minimum atomic E-state index is -4.67. The maximum Gasteiger partial charge on any atom is 0.471 e. The first kappa shape index (κ1) is 17.3. The van der Waals surface area contributed by atoms with Crippen molar-refractivity contribution < 1.29 is 22.5 Å². The zero-order chi connectivity index (χ0) is 17.0. The molecular weight excluding hydrogens is 333 g/mol. The van der Waals surface area contributed by atoms with E-state index in [1.165, 1.54) is 16.7 Å². The fraction of sp³-hybridized carbons (Fsp3) is 0.385. The Kier molecular flexibility index (Phi) is 5.24. The predicted octanol–water partition coefficient (Wildman–Crippen LogP) is 2.52. The molecule has 0 unspecified atom stereocenters. The first-order chi connectivity index (χ1) is 10.8. The number of halogens is 3. The van der Waals surface area contributed by atoms with Crippen molar-refractivity contribution in [3.05, 3.63) is 35.6 Å². The predicted molar refractivity (Wildman–Crippen MR) is 76.0 cm³/mol. The molecule has 0 aliphatic heterocycles. The first-order valence-corrected chi connectivity index (χ1v) is 7.69. The van der Waals surface area contributed by atoms with Crippen LogP contribution < -0.4 is 0 Å². The largest absolute Gasteiger partial charge is 0.471 e. The Morgan fingerprint density at radius 1 is 1.43 bits per heavy atom. The van der Waals surface area contributed by atoms with Gasteiger partial charge in [-0.15, -0.1) is 11.8 Å². The Bertz CT molecular complexity index is 690. The van der Waals surface area contributed by atoms with E-state index in [4.69, 9.17) is 0 Å². The van der Waals surface area contributed by atoms with Crippen molar-refractivity contribution >= 4 is 17.7 Å². The van der Waals surface area contributed by atoms with Gasteiger partial charge in [0.05, 0.1) is 5.56 Å². The number of aromatic nitrogens is 3. The molecule has 0 saturated carbocycles. The smallest absolute Gasteiger partial charge is 0.341 e. The van der Waals surface area contributed by atoms with Gasteiger partial charge in [-0.05, 0) is 18.4 Å². The number of carbonyl (C=O) groups is 1. The number of alkyl halides is 3. The summed E-state index contributed by atoms with van der Waals surface area (Å²) < 4.78 is 41.2. The van der Waals surface area contributed by atoms with E-state index in [2.05, 4.69) is 19.6 Å². The Morgan fingerprint density at radius 3 is 2.78 bits per heavy atom. The van der Waals surface area contributed by atoms with Crippen LogP contribution in [0.5, 0.6) is 0 Å². The number of amides is 1. The lowest BCUT2D eigenvalue weighted by Gasteiger charge is -2.17. The molecule has 2 aromatic rings. The van der Waals surface area contributed by atoms with Crippen LogP contribution in [0.4, 0.5) is 13.2 Å². The third-order valence-corrected chi connectivity index (χ3v) is 3.64. The lowest BCUT2D eigenvalue weighted by atomic mass is 10.2. The standard InChI is InChI=1S/C13H13F3N4O2S/c1-20(11(21)8-4-3-6-17-10(8)23-2)7-5-9-18-12(22-19-9)13(14,15)16/h3-4,6H,5,7H2,1-2H3. The molecule has 124 valence electrons. The molecule has 0 atom stereocenters. The molecule has 0 saturated heterocycles. The van der Waals surface area contributed by atoms with E-state index in [0.29, 0.717) is 10.6 Å². The van der Waals surface area contributed by atoms with E-state index < -0.39 is 12.1 Å². The molecule has 2 rings (SSSR count). The molecule has 0 aliphatic carbocycles. The minimum Gasteiger partial charge on any atom is -0.341 e. The Hall–Kier alpha value is -2.10. The van der Waals surface area contributed by atoms with Crippen molar-refractivity contribution in [2.75, 3.05) is 19.8 Å². The number of hydrogen-bond acceptors (Lipinski definition) is 6. The molecular formula is C13H13F3N4O2S. The van der Waals surface area contributed by atoms with Crippen LogP contribution in [0.2, 0.25) is 0 Å². The summed E-state index contributed by atoms with van der Waals surface area (Å²) in [7, 11) is 1.55. The summed E-state index contributed by atoms with van der Waals surface area (Å²) in [5.41, 5.74) is 0.437. The number of rotatable bonds is 5. The van der Waals surface area contributed by atoms with Gasteiger partial charge >= 0.3 is 12.1 Å². The minimum absolute atomic E-state index is 0.0523. The molecule has 0 radical (unpaired) electrons. The SMILES string of the molecule is CSc1ncccc1C(=O)N(C)CCc1noc(C(F)(F)F)n1. The molecule has 0 N–H and O–H groups in total. The summed E-state index contributed by atoms with van der Waals surface area (Å²) >= 11 is 1.34. The highest BCUT2D eigenvalue weighted by atomic mass is 32.2. The third-order valence-electron chi connectivity index (χ3n) is 2.92. The fourth-order valence-electron chi connectivity index (χ4n) is 1.76. The normalized spacial score (nSPS) is 11.5. The number of thioether (sulfide) groups is 1. The monoisotopic (exact) mass is 346 g/mol. The van der Waals surface area contributed by atoms with Crippen LogP contribution in [0, 0.1) is 0 Å². The van der Waals surface area contributed by atoms with Crippen LogP contribution in [0.1, 0.15) is 22.1 Å². The van der Waals surface area contributed by atoms with Gasteiger partial charge in [-0.3, -0.25) is 4.79 Å². The van der Waals surface area contributed by atoms with Crippen LogP contribution in [0.3, 0.4) is 0 Å². The van der Waals surface area contributed by atoms with Gasteiger partial charge in [-0.2, -0.15) is 18.2 Å². The van der Waals surface area contributed by atoms with Crippen molar-refractivity contribution in [2.24, 2.45) is 0 Å². The van der Waals surface area contributed by atoms with Gasteiger partial charge < -0.3 is 9.42 Å². The number of hydrogen-bond donors (Lipinski definition) is 0. The van der Waals surface area contributed by atoms with Gasteiger partial charge in [0.25, 0.3) is 5.91 Å². The molecule has 0 aromatic carbocycles. The molecule has 0 spiro atoms. The van der Waals surface area contributed by atoms with Crippen molar-refractivity contribution in [1.29, 1.82) is 0 Å².